The first kappa shape index (κ1) is 7.10. The van der Waals surface area contributed by atoms with Crippen LogP contribution in [0.15, 0.2) is 0 Å². The minimum atomic E-state index is -0.613. The number of hydrogen-bond donors (Lipinski definition) is 3. The van der Waals surface area contributed by atoms with Gasteiger partial charge in [0.2, 0.25) is 0 Å². The summed E-state index contributed by atoms with van der Waals surface area (Å²) in [5.41, 5.74) is 0. The van der Waals surface area contributed by atoms with Gasteiger partial charge in [0.15, 0.2) is 0 Å². The van der Waals surface area contributed by atoms with Gasteiger partial charge in [-0.25, -0.2) is 0 Å². The average molecular weight is 118 g/mol. The van der Waals surface area contributed by atoms with Crippen molar-refractivity contribution < 1.29 is 0 Å². The molecule has 43 valence electrons. The monoisotopic (exact) mass is 118 g/mol. The molecule has 0 aliphatic rings. The van der Waals surface area contributed by atoms with E-state index >= 15 is 0 Å². The zero-order valence-electron chi connectivity index (χ0n) is 5.00. The Labute approximate surface area is 46.3 Å². The summed E-state index contributed by atoms with van der Waals surface area (Å²) >= 11 is 0. The first-order chi connectivity index (χ1) is 3.35. The van der Waals surface area contributed by atoms with Crippen LogP contribution in [-0.2, 0) is 0 Å². The molecular weight excluding hydrogens is 106 g/mol. The van der Waals surface area contributed by atoms with Crippen LogP contribution in [0.3, 0.4) is 0 Å². The average Bonchev–Trinajstić information content (AvgIpc) is 1.72. The molecule has 0 heterocycles. The third-order valence-electron chi connectivity index (χ3n) is 0.750. The topological polar surface area (TPSA) is 36.1 Å². The summed E-state index contributed by atoms with van der Waals surface area (Å²) in [5, 5.41) is 0. The molecular formula is C3H12N3Si. The van der Waals surface area contributed by atoms with E-state index in [0.29, 0.717) is 0 Å². The van der Waals surface area contributed by atoms with Gasteiger partial charge in [0.25, 0.3) is 0 Å². The fraction of sp³-hybridized carbons (Fsp3) is 1.00. The number of hydrogen-bond acceptors (Lipinski definition) is 3. The van der Waals surface area contributed by atoms with Gasteiger partial charge < -0.3 is 14.9 Å². The summed E-state index contributed by atoms with van der Waals surface area (Å²) in [6.07, 6.45) is 0. The number of rotatable bonds is 3. The second-order valence-corrected chi connectivity index (χ2v) is 3.38. The molecule has 0 aromatic carbocycles. The lowest BCUT2D eigenvalue weighted by Crippen LogP contribution is -2.53. The molecule has 4 heteroatoms. The van der Waals surface area contributed by atoms with Crippen molar-refractivity contribution in [2.24, 2.45) is 0 Å². The highest BCUT2D eigenvalue weighted by Crippen LogP contribution is 1.49. The van der Waals surface area contributed by atoms with Gasteiger partial charge in [-0.2, -0.15) is 0 Å². The van der Waals surface area contributed by atoms with Crippen LogP contribution in [-0.4, -0.2) is 30.4 Å². The molecule has 7 heavy (non-hydrogen) atoms. The molecule has 0 rings (SSSR count). The van der Waals surface area contributed by atoms with E-state index in [4.69, 9.17) is 0 Å². The van der Waals surface area contributed by atoms with E-state index < -0.39 is 9.28 Å². The summed E-state index contributed by atoms with van der Waals surface area (Å²) in [7, 11) is 5.18. The summed E-state index contributed by atoms with van der Waals surface area (Å²) in [6.45, 7) is 0. The molecule has 0 amide bonds. The highest BCUT2D eigenvalue weighted by molar-refractivity contribution is 6.49. The van der Waals surface area contributed by atoms with Crippen LogP contribution in [0, 0.1) is 0 Å². The van der Waals surface area contributed by atoms with Gasteiger partial charge in [0, 0.05) is 0 Å². The van der Waals surface area contributed by atoms with Crippen LogP contribution < -0.4 is 14.9 Å². The van der Waals surface area contributed by atoms with Crippen molar-refractivity contribution in [3.8, 4) is 0 Å². The largest absolute Gasteiger partial charge is 0.318 e. The second-order valence-electron chi connectivity index (χ2n) is 1.12. The van der Waals surface area contributed by atoms with Gasteiger partial charge in [-0.05, 0) is 21.1 Å². The Morgan fingerprint density at radius 2 is 1.14 bits per heavy atom. The van der Waals surface area contributed by atoms with Crippen LogP contribution in [0.25, 0.3) is 0 Å². The van der Waals surface area contributed by atoms with Crippen molar-refractivity contribution in [3.05, 3.63) is 0 Å². The first-order valence-electron chi connectivity index (χ1n) is 2.25. The SMILES string of the molecule is CN[Si](NC)NC. The number of nitrogens with one attached hydrogen (secondary N) is 3. The van der Waals surface area contributed by atoms with E-state index in [-0.39, 0.29) is 0 Å². The zero-order chi connectivity index (χ0) is 5.70. The molecule has 0 aliphatic heterocycles. The predicted molar refractivity (Wildman–Crippen MR) is 32.9 cm³/mol. The zero-order valence-corrected chi connectivity index (χ0v) is 6.00. The molecule has 3 nitrogen and oxygen atoms in total. The van der Waals surface area contributed by atoms with Crippen LogP contribution in [0.2, 0.25) is 0 Å². The normalized spacial score (nSPS) is 10.3. The summed E-state index contributed by atoms with van der Waals surface area (Å²) in [4.78, 5) is 9.24. The molecule has 0 aromatic rings. The Balaban J connectivity index is 2.99. The fourth-order valence-electron chi connectivity index (χ4n) is 0.375. The maximum absolute atomic E-state index is 3.08. The quantitative estimate of drug-likeness (QED) is 0.400. The Morgan fingerprint density at radius 3 is 1.14 bits per heavy atom. The van der Waals surface area contributed by atoms with Crippen molar-refractivity contribution in [1.82, 2.24) is 14.9 Å². The minimum Gasteiger partial charge on any atom is -0.315 e. The molecule has 0 atom stereocenters. The van der Waals surface area contributed by atoms with Gasteiger partial charge >= 0.3 is 9.28 Å². The molecule has 1 radical (unpaired) electrons. The summed E-state index contributed by atoms with van der Waals surface area (Å²) in [6, 6.07) is 0. The molecule has 0 saturated heterocycles. The van der Waals surface area contributed by atoms with Crippen molar-refractivity contribution in [3.63, 3.8) is 0 Å². The van der Waals surface area contributed by atoms with Crippen molar-refractivity contribution in [2.75, 3.05) is 21.1 Å². The Bertz CT molecular complexity index is 31.7. The molecule has 0 aromatic heterocycles. The summed E-state index contributed by atoms with van der Waals surface area (Å²) in [5.74, 6) is 0. The molecule has 3 N–H and O–H groups in total. The van der Waals surface area contributed by atoms with Crippen molar-refractivity contribution in [2.45, 2.75) is 0 Å². The molecule has 0 fully saturated rings. The van der Waals surface area contributed by atoms with Gasteiger partial charge in [-0.1, -0.05) is 0 Å². The van der Waals surface area contributed by atoms with Gasteiger partial charge in [-0.3, -0.25) is 0 Å². The Hall–Kier alpha value is 0.0969. The van der Waals surface area contributed by atoms with E-state index in [1.165, 1.54) is 0 Å². The highest BCUT2D eigenvalue weighted by Gasteiger charge is 1.99. The lowest BCUT2D eigenvalue weighted by atomic mass is 11.6. The van der Waals surface area contributed by atoms with Crippen LogP contribution in [0.1, 0.15) is 0 Å². The maximum atomic E-state index is 3.08. The lowest BCUT2D eigenvalue weighted by Gasteiger charge is -2.06. The molecule has 0 spiro atoms. The van der Waals surface area contributed by atoms with E-state index in [1.54, 1.807) is 0 Å². The van der Waals surface area contributed by atoms with Crippen LogP contribution >= 0.6 is 0 Å². The maximum Gasteiger partial charge on any atom is 0.318 e. The Kier molecular flexibility index (Phi) is 4.32. The highest BCUT2D eigenvalue weighted by atomic mass is 28.3. The fourth-order valence-corrected chi connectivity index (χ4v) is 1.12. The molecule has 0 aliphatic carbocycles. The first-order valence-corrected chi connectivity index (χ1v) is 3.75. The lowest BCUT2D eigenvalue weighted by molar-refractivity contribution is 0.981. The van der Waals surface area contributed by atoms with Crippen LogP contribution in [0.4, 0.5) is 0 Å². The second kappa shape index (κ2) is 4.26. The molecule has 0 unspecified atom stereocenters. The van der Waals surface area contributed by atoms with Gasteiger partial charge in [0.05, 0.1) is 0 Å². The third kappa shape index (κ3) is 2.75. The third-order valence-corrected chi connectivity index (χ3v) is 2.25. The predicted octanol–water partition coefficient (Wildman–Crippen LogP) is -1.37. The summed E-state index contributed by atoms with van der Waals surface area (Å²) < 4.78 is 0. The standard InChI is InChI=1S/C3H12N3Si/c1-4-7(5-2)6-3/h4-6H,1-3H3. The van der Waals surface area contributed by atoms with E-state index in [0.717, 1.165) is 0 Å². The minimum absolute atomic E-state index is 0.613. The van der Waals surface area contributed by atoms with Crippen molar-refractivity contribution in [1.29, 1.82) is 0 Å². The van der Waals surface area contributed by atoms with E-state index in [1.807, 2.05) is 21.1 Å². The van der Waals surface area contributed by atoms with E-state index in [2.05, 4.69) is 14.9 Å². The smallest absolute Gasteiger partial charge is 0.315 e. The van der Waals surface area contributed by atoms with Crippen molar-refractivity contribution >= 4 is 9.28 Å². The Morgan fingerprint density at radius 1 is 0.857 bits per heavy atom. The van der Waals surface area contributed by atoms with Gasteiger partial charge in [0.1, 0.15) is 0 Å². The van der Waals surface area contributed by atoms with E-state index in [9.17, 15) is 0 Å². The van der Waals surface area contributed by atoms with Gasteiger partial charge in [-0.15, -0.1) is 0 Å². The van der Waals surface area contributed by atoms with Crippen LogP contribution in [0.5, 0.6) is 0 Å². The molecule has 0 saturated carbocycles. The molecule has 0 bridgehead atoms.